The maximum atomic E-state index is 14.1. The molecule has 2 nitrogen and oxygen atoms in total. The summed E-state index contributed by atoms with van der Waals surface area (Å²) in [6.45, 7) is 0. The molecule has 0 aliphatic heterocycles. The smallest absolute Gasteiger partial charge is 0.137 e. The van der Waals surface area contributed by atoms with Crippen LogP contribution in [0.3, 0.4) is 0 Å². The van der Waals surface area contributed by atoms with E-state index in [1.165, 1.54) is 24.5 Å². The third kappa shape index (κ3) is 2.84. The molecule has 106 valence electrons. The second-order valence-electron chi connectivity index (χ2n) is 4.37. The van der Waals surface area contributed by atoms with Gasteiger partial charge in [0, 0.05) is 15.4 Å². The summed E-state index contributed by atoms with van der Waals surface area (Å²) in [5, 5.41) is 2.53. The van der Waals surface area contributed by atoms with Crippen LogP contribution in [0, 0.1) is 5.82 Å². The van der Waals surface area contributed by atoms with Crippen LogP contribution in [0.15, 0.2) is 52.3 Å². The molecule has 1 aromatic heterocycles. The molecular formula is C16H11BrFNOS. The van der Waals surface area contributed by atoms with Gasteiger partial charge in [0.05, 0.1) is 18.4 Å². The lowest BCUT2D eigenvalue weighted by Gasteiger charge is -2.06. The first-order valence-corrected chi connectivity index (χ1v) is 7.90. The second-order valence-corrected chi connectivity index (χ2v) is 6.14. The van der Waals surface area contributed by atoms with Gasteiger partial charge in [0.15, 0.2) is 0 Å². The fourth-order valence-corrected chi connectivity index (χ4v) is 3.33. The van der Waals surface area contributed by atoms with Crippen LogP contribution in [-0.4, -0.2) is 12.1 Å². The summed E-state index contributed by atoms with van der Waals surface area (Å²) >= 11 is 4.84. The zero-order valence-electron chi connectivity index (χ0n) is 11.1. The molecule has 2 aromatic carbocycles. The van der Waals surface area contributed by atoms with Crippen molar-refractivity contribution in [1.29, 1.82) is 0 Å². The largest absolute Gasteiger partial charge is 0.496 e. The Morgan fingerprint density at radius 2 is 2.00 bits per heavy atom. The van der Waals surface area contributed by atoms with Crippen LogP contribution in [0.5, 0.6) is 5.75 Å². The first-order chi connectivity index (χ1) is 10.2. The minimum Gasteiger partial charge on any atom is -0.496 e. The van der Waals surface area contributed by atoms with Gasteiger partial charge < -0.3 is 4.74 Å². The molecule has 0 unspecified atom stereocenters. The van der Waals surface area contributed by atoms with Gasteiger partial charge in [0.1, 0.15) is 16.6 Å². The van der Waals surface area contributed by atoms with Crippen molar-refractivity contribution in [2.45, 2.75) is 0 Å². The highest BCUT2D eigenvalue weighted by Crippen LogP contribution is 2.36. The molecule has 0 radical (unpaired) electrons. The van der Waals surface area contributed by atoms with E-state index in [1.54, 1.807) is 12.1 Å². The van der Waals surface area contributed by atoms with E-state index in [-0.39, 0.29) is 5.82 Å². The SMILES string of the molecule is COc1cccc(F)c1-c1nc(-c2cccc(Br)c2)cs1. The average molecular weight is 364 g/mol. The predicted octanol–water partition coefficient (Wildman–Crippen LogP) is 5.39. The van der Waals surface area contributed by atoms with Crippen LogP contribution < -0.4 is 4.74 Å². The van der Waals surface area contributed by atoms with Crippen molar-refractivity contribution >= 4 is 27.3 Å². The van der Waals surface area contributed by atoms with Gasteiger partial charge in [0.2, 0.25) is 0 Å². The first-order valence-electron chi connectivity index (χ1n) is 6.23. The van der Waals surface area contributed by atoms with Crippen LogP contribution in [0.2, 0.25) is 0 Å². The minimum absolute atomic E-state index is 0.329. The minimum atomic E-state index is -0.329. The standard InChI is InChI=1S/C16H11BrFNOS/c1-20-14-7-3-6-12(18)15(14)16-19-13(9-21-16)10-4-2-5-11(17)8-10/h2-9H,1H3. The molecule has 0 saturated carbocycles. The highest BCUT2D eigenvalue weighted by molar-refractivity contribution is 9.10. The van der Waals surface area contributed by atoms with E-state index in [1.807, 2.05) is 29.6 Å². The number of aromatic nitrogens is 1. The Hall–Kier alpha value is -1.72. The molecule has 0 N–H and O–H groups in total. The number of nitrogens with zero attached hydrogens (tertiary/aromatic N) is 1. The third-order valence-electron chi connectivity index (χ3n) is 3.03. The predicted molar refractivity (Wildman–Crippen MR) is 87.2 cm³/mol. The van der Waals surface area contributed by atoms with Crippen LogP contribution in [0.4, 0.5) is 4.39 Å². The maximum absolute atomic E-state index is 14.1. The van der Waals surface area contributed by atoms with Crippen LogP contribution in [0.1, 0.15) is 0 Å². The topological polar surface area (TPSA) is 22.1 Å². The molecular weight excluding hydrogens is 353 g/mol. The molecule has 0 aliphatic carbocycles. The van der Waals surface area contributed by atoms with Crippen molar-refractivity contribution in [1.82, 2.24) is 4.98 Å². The summed E-state index contributed by atoms with van der Waals surface area (Å²) in [6, 6.07) is 12.6. The van der Waals surface area contributed by atoms with E-state index in [4.69, 9.17) is 4.74 Å². The van der Waals surface area contributed by atoms with Gasteiger partial charge >= 0.3 is 0 Å². The Balaban J connectivity index is 2.07. The molecule has 1 heterocycles. The van der Waals surface area contributed by atoms with Crippen molar-refractivity contribution < 1.29 is 9.13 Å². The molecule has 0 atom stereocenters. The maximum Gasteiger partial charge on any atom is 0.137 e. The lowest BCUT2D eigenvalue weighted by atomic mass is 10.1. The number of halogens is 2. The summed E-state index contributed by atoms with van der Waals surface area (Å²) in [7, 11) is 1.53. The number of hydrogen-bond donors (Lipinski definition) is 0. The van der Waals surface area contributed by atoms with Gasteiger partial charge in [0.25, 0.3) is 0 Å². The molecule has 0 spiro atoms. The Morgan fingerprint density at radius 3 is 2.76 bits per heavy atom. The molecule has 21 heavy (non-hydrogen) atoms. The van der Waals surface area contributed by atoms with Crippen molar-refractivity contribution in [3.8, 4) is 27.6 Å². The van der Waals surface area contributed by atoms with Gasteiger partial charge in [-0.15, -0.1) is 11.3 Å². The normalized spacial score (nSPS) is 10.6. The average Bonchev–Trinajstić information content (AvgIpc) is 2.96. The van der Waals surface area contributed by atoms with E-state index in [0.717, 1.165) is 15.7 Å². The van der Waals surface area contributed by atoms with Crippen LogP contribution in [-0.2, 0) is 0 Å². The van der Waals surface area contributed by atoms with E-state index < -0.39 is 0 Å². The summed E-state index contributed by atoms with van der Waals surface area (Å²) in [5.74, 6) is 0.162. The first kappa shape index (κ1) is 14.2. The number of hydrogen-bond acceptors (Lipinski definition) is 3. The van der Waals surface area contributed by atoms with Crippen molar-refractivity contribution in [2.75, 3.05) is 7.11 Å². The molecule has 0 saturated heterocycles. The van der Waals surface area contributed by atoms with Gasteiger partial charge in [-0.1, -0.05) is 34.1 Å². The summed E-state index contributed by atoms with van der Waals surface area (Å²) < 4.78 is 20.3. The van der Waals surface area contributed by atoms with Gasteiger partial charge in [-0.05, 0) is 24.3 Å². The lowest BCUT2D eigenvalue weighted by Crippen LogP contribution is -1.91. The number of thiazole rings is 1. The van der Waals surface area contributed by atoms with E-state index in [9.17, 15) is 4.39 Å². The monoisotopic (exact) mass is 363 g/mol. The zero-order chi connectivity index (χ0) is 14.8. The third-order valence-corrected chi connectivity index (χ3v) is 4.39. The van der Waals surface area contributed by atoms with Crippen molar-refractivity contribution in [3.63, 3.8) is 0 Å². The summed E-state index contributed by atoms with van der Waals surface area (Å²) in [5.41, 5.74) is 2.22. The Morgan fingerprint density at radius 1 is 1.19 bits per heavy atom. The Labute approximate surface area is 134 Å². The van der Waals surface area contributed by atoms with Crippen molar-refractivity contribution in [3.05, 3.63) is 58.1 Å². The van der Waals surface area contributed by atoms with Crippen LogP contribution in [0.25, 0.3) is 21.8 Å². The molecule has 3 aromatic rings. The van der Waals surface area contributed by atoms with Gasteiger partial charge in [-0.25, -0.2) is 9.37 Å². The zero-order valence-corrected chi connectivity index (χ0v) is 13.5. The molecule has 0 amide bonds. The van der Waals surface area contributed by atoms with Crippen LogP contribution >= 0.6 is 27.3 Å². The molecule has 0 fully saturated rings. The summed E-state index contributed by atoms with van der Waals surface area (Å²) in [6.07, 6.45) is 0. The number of ether oxygens (including phenoxy) is 1. The molecule has 0 aliphatic rings. The quantitative estimate of drug-likeness (QED) is 0.622. The fourth-order valence-electron chi connectivity index (χ4n) is 2.05. The number of methoxy groups -OCH3 is 1. The Kier molecular flexibility index (Phi) is 4.03. The van der Waals surface area contributed by atoms with Crippen molar-refractivity contribution in [2.24, 2.45) is 0 Å². The summed E-state index contributed by atoms with van der Waals surface area (Å²) in [4.78, 5) is 4.54. The number of benzene rings is 2. The Bertz CT molecular complexity index is 787. The fraction of sp³-hybridized carbons (Fsp3) is 0.0625. The highest BCUT2D eigenvalue weighted by atomic mass is 79.9. The molecule has 0 bridgehead atoms. The number of rotatable bonds is 3. The molecule has 3 rings (SSSR count). The highest BCUT2D eigenvalue weighted by Gasteiger charge is 2.15. The van der Waals surface area contributed by atoms with E-state index in [2.05, 4.69) is 20.9 Å². The van der Waals surface area contributed by atoms with E-state index in [0.29, 0.717) is 16.3 Å². The second kappa shape index (κ2) is 5.95. The van der Waals surface area contributed by atoms with E-state index >= 15 is 0 Å². The lowest BCUT2D eigenvalue weighted by molar-refractivity contribution is 0.413. The van der Waals surface area contributed by atoms with Gasteiger partial charge in [-0.2, -0.15) is 0 Å². The van der Waals surface area contributed by atoms with Gasteiger partial charge in [-0.3, -0.25) is 0 Å². The molecule has 5 heteroatoms.